The van der Waals surface area contributed by atoms with Crippen molar-refractivity contribution in [1.29, 1.82) is 0 Å². The van der Waals surface area contributed by atoms with E-state index in [1.807, 2.05) is 72.8 Å². The lowest BCUT2D eigenvalue weighted by atomic mass is 10.1. The Morgan fingerprint density at radius 3 is 2.17 bits per heavy atom. The average molecular weight is 481 g/mol. The van der Waals surface area contributed by atoms with Gasteiger partial charge in [0.1, 0.15) is 0 Å². The van der Waals surface area contributed by atoms with Crippen molar-refractivity contribution in [2.45, 2.75) is 0 Å². The molecule has 0 radical (unpaired) electrons. The zero-order chi connectivity index (χ0) is 25.1. The van der Waals surface area contributed by atoms with Crippen molar-refractivity contribution in [1.82, 2.24) is 14.8 Å². The van der Waals surface area contributed by atoms with Crippen molar-refractivity contribution in [2.75, 3.05) is 26.6 Å². The lowest BCUT2D eigenvalue weighted by molar-refractivity contribution is 0.101. The van der Waals surface area contributed by atoms with Crippen LogP contribution in [0.3, 0.4) is 0 Å². The molecule has 5 rings (SSSR count). The predicted octanol–water partition coefficient (Wildman–Crippen LogP) is 5.37. The first-order valence-electron chi connectivity index (χ1n) is 11.2. The largest absolute Gasteiger partial charge is 0.493 e. The Kier molecular flexibility index (Phi) is 6.23. The van der Waals surface area contributed by atoms with E-state index in [-0.39, 0.29) is 5.82 Å². The van der Waals surface area contributed by atoms with Gasteiger partial charge in [-0.15, -0.1) is 5.10 Å². The van der Waals surface area contributed by atoms with Crippen molar-refractivity contribution >= 4 is 22.4 Å². The molecule has 0 bridgehead atoms. The van der Waals surface area contributed by atoms with Gasteiger partial charge in [0, 0.05) is 28.8 Å². The summed E-state index contributed by atoms with van der Waals surface area (Å²) in [6.07, 6.45) is 0. The number of aromatic nitrogens is 3. The molecule has 1 aromatic heterocycles. The van der Waals surface area contributed by atoms with Crippen LogP contribution in [-0.4, -0.2) is 42.0 Å². The first-order valence-corrected chi connectivity index (χ1v) is 11.2. The van der Waals surface area contributed by atoms with Crippen molar-refractivity contribution < 1.29 is 19.0 Å². The molecule has 5 aromatic rings. The number of rotatable bonds is 7. The molecule has 1 heterocycles. The van der Waals surface area contributed by atoms with E-state index < -0.39 is 5.91 Å². The molecule has 8 nitrogen and oxygen atoms in total. The van der Waals surface area contributed by atoms with Crippen LogP contribution in [0.1, 0.15) is 10.6 Å². The fourth-order valence-corrected chi connectivity index (χ4v) is 4.08. The van der Waals surface area contributed by atoms with Gasteiger partial charge in [-0.3, -0.25) is 4.79 Å². The van der Waals surface area contributed by atoms with Crippen molar-refractivity contribution in [3.8, 4) is 34.3 Å². The van der Waals surface area contributed by atoms with Gasteiger partial charge in [0.2, 0.25) is 11.6 Å². The molecule has 0 saturated heterocycles. The smallest absolute Gasteiger partial charge is 0.295 e. The lowest BCUT2D eigenvalue weighted by Crippen LogP contribution is -2.14. The molecule has 0 atom stereocenters. The Labute approximate surface area is 208 Å². The molecular weight excluding hydrogens is 456 g/mol. The highest BCUT2D eigenvalue weighted by molar-refractivity contribution is 6.02. The molecule has 8 heteroatoms. The van der Waals surface area contributed by atoms with Crippen LogP contribution in [-0.2, 0) is 0 Å². The number of ether oxygens (including phenoxy) is 3. The molecule has 0 aliphatic carbocycles. The quantitative estimate of drug-likeness (QED) is 0.337. The summed E-state index contributed by atoms with van der Waals surface area (Å²) >= 11 is 0. The minimum Gasteiger partial charge on any atom is -0.493 e. The molecule has 0 aliphatic rings. The fraction of sp³-hybridized carbons (Fsp3) is 0.107. The Bertz CT molecular complexity index is 1520. The number of hydrogen-bond donors (Lipinski definition) is 1. The van der Waals surface area contributed by atoms with Crippen LogP contribution >= 0.6 is 0 Å². The topological polar surface area (TPSA) is 87.5 Å². The van der Waals surface area contributed by atoms with Gasteiger partial charge >= 0.3 is 0 Å². The number of fused-ring (bicyclic) bond motifs is 1. The van der Waals surface area contributed by atoms with Crippen LogP contribution in [0, 0.1) is 0 Å². The summed E-state index contributed by atoms with van der Waals surface area (Å²) in [5.41, 5.74) is 2.12. The highest BCUT2D eigenvalue weighted by atomic mass is 16.5. The van der Waals surface area contributed by atoms with E-state index in [4.69, 9.17) is 14.2 Å². The summed E-state index contributed by atoms with van der Waals surface area (Å²) < 4.78 is 17.9. The first kappa shape index (κ1) is 22.9. The Balaban J connectivity index is 1.59. The minimum absolute atomic E-state index is 0.0236. The highest BCUT2D eigenvalue weighted by Crippen LogP contribution is 2.40. The summed E-state index contributed by atoms with van der Waals surface area (Å²) in [4.78, 5) is 17.9. The normalized spacial score (nSPS) is 10.8. The number of amides is 1. The molecule has 1 amide bonds. The van der Waals surface area contributed by atoms with E-state index in [0.717, 1.165) is 22.0 Å². The van der Waals surface area contributed by atoms with E-state index in [9.17, 15) is 4.79 Å². The molecule has 180 valence electrons. The highest BCUT2D eigenvalue weighted by Gasteiger charge is 2.21. The van der Waals surface area contributed by atoms with Gasteiger partial charge in [-0.2, -0.15) is 0 Å². The lowest BCUT2D eigenvalue weighted by Gasteiger charge is -2.14. The van der Waals surface area contributed by atoms with Crippen LogP contribution in [0.5, 0.6) is 17.2 Å². The number of carbonyl (C=O) groups is 1. The third-order valence-corrected chi connectivity index (χ3v) is 5.76. The number of hydrogen-bond acceptors (Lipinski definition) is 6. The van der Waals surface area contributed by atoms with Gasteiger partial charge in [0.25, 0.3) is 5.91 Å². The minimum atomic E-state index is -0.472. The van der Waals surface area contributed by atoms with Gasteiger partial charge < -0.3 is 19.5 Å². The van der Waals surface area contributed by atoms with Crippen LogP contribution in [0.15, 0.2) is 84.9 Å². The molecule has 0 fully saturated rings. The van der Waals surface area contributed by atoms with E-state index in [0.29, 0.717) is 28.8 Å². The molecule has 0 unspecified atom stereocenters. The predicted molar refractivity (Wildman–Crippen MR) is 138 cm³/mol. The summed E-state index contributed by atoms with van der Waals surface area (Å²) in [5, 5.41) is 9.54. The van der Waals surface area contributed by atoms with Crippen LogP contribution in [0.2, 0.25) is 0 Å². The summed E-state index contributed by atoms with van der Waals surface area (Å²) in [7, 11) is 4.55. The average Bonchev–Trinajstić information content (AvgIpc) is 3.38. The van der Waals surface area contributed by atoms with Gasteiger partial charge in [-0.25, -0.2) is 9.67 Å². The van der Waals surface area contributed by atoms with Gasteiger partial charge in [-0.1, -0.05) is 66.7 Å². The van der Waals surface area contributed by atoms with E-state index >= 15 is 0 Å². The number of anilines is 1. The zero-order valence-electron chi connectivity index (χ0n) is 20.1. The van der Waals surface area contributed by atoms with Crippen molar-refractivity contribution in [3.63, 3.8) is 0 Å². The number of benzene rings is 4. The van der Waals surface area contributed by atoms with Gasteiger partial charge in [-0.05, 0) is 11.5 Å². The third kappa shape index (κ3) is 4.20. The molecule has 36 heavy (non-hydrogen) atoms. The fourth-order valence-electron chi connectivity index (χ4n) is 4.08. The third-order valence-electron chi connectivity index (χ3n) is 5.76. The molecule has 1 N–H and O–H groups in total. The van der Waals surface area contributed by atoms with Crippen molar-refractivity contribution in [3.05, 3.63) is 90.8 Å². The van der Waals surface area contributed by atoms with Crippen LogP contribution in [0.25, 0.3) is 27.8 Å². The SMILES string of the molecule is COc1cc(NC(=O)c2nc(-c3ccccc3)n(-c3cccc4ccccc34)n2)cc(OC)c1OC. The summed E-state index contributed by atoms with van der Waals surface area (Å²) in [5.74, 6) is 1.39. The van der Waals surface area contributed by atoms with Crippen LogP contribution in [0.4, 0.5) is 5.69 Å². The molecule has 0 spiro atoms. The van der Waals surface area contributed by atoms with E-state index in [2.05, 4.69) is 15.4 Å². The zero-order valence-corrected chi connectivity index (χ0v) is 20.1. The first-order chi connectivity index (χ1) is 17.6. The number of methoxy groups -OCH3 is 3. The number of nitrogens with one attached hydrogen (secondary N) is 1. The van der Waals surface area contributed by atoms with Crippen LogP contribution < -0.4 is 19.5 Å². The second kappa shape index (κ2) is 9.79. The number of carbonyl (C=O) groups excluding carboxylic acids is 1. The molecule has 4 aromatic carbocycles. The monoisotopic (exact) mass is 480 g/mol. The van der Waals surface area contributed by atoms with E-state index in [1.54, 1.807) is 16.8 Å². The standard InChI is InChI=1S/C28H24N4O4/c1-34-23-16-20(17-24(35-2)25(23)36-3)29-28(33)26-30-27(19-11-5-4-6-12-19)32(31-26)22-15-9-13-18-10-7-8-14-21(18)22/h4-17H,1-3H3,(H,29,33). The summed E-state index contributed by atoms with van der Waals surface area (Å²) in [6, 6.07) is 26.9. The second-order valence-electron chi connectivity index (χ2n) is 7.90. The Morgan fingerprint density at radius 1 is 0.806 bits per heavy atom. The van der Waals surface area contributed by atoms with Crippen molar-refractivity contribution in [2.24, 2.45) is 0 Å². The Hall–Kier alpha value is -4.85. The maximum absolute atomic E-state index is 13.3. The van der Waals surface area contributed by atoms with Gasteiger partial charge in [0.15, 0.2) is 17.3 Å². The maximum Gasteiger partial charge on any atom is 0.295 e. The van der Waals surface area contributed by atoms with Gasteiger partial charge in [0.05, 0.1) is 27.0 Å². The number of nitrogens with zero attached hydrogens (tertiary/aromatic N) is 3. The van der Waals surface area contributed by atoms with E-state index in [1.165, 1.54) is 21.3 Å². The second-order valence-corrected chi connectivity index (χ2v) is 7.90. The summed E-state index contributed by atoms with van der Waals surface area (Å²) in [6.45, 7) is 0. The molecule has 0 aliphatic heterocycles. The maximum atomic E-state index is 13.3. The molecular formula is C28H24N4O4. The molecule has 0 saturated carbocycles. The Morgan fingerprint density at radius 2 is 1.47 bits per heavy atom.